The smallest absolute Gasteiger partial charge is 0.166 e. The minimum absolute atomic E-state index is 0.0701. The van der Waals surface area contributed by atoms with E-state index in [2.05, 4.69) is 4.98 Å². The maximum absolute atomic E-state index is 11.6. The number of hydrogen-bond donors (Lipinski definition) is 0. The number of pyridine rings is 1. The molecule has 0 aliphatic heterocycles. The number of thioether (sulfide) groups is 1. The van der Waals surface area contributed by atoms with Gasteiger partial charge in [0.1, 0.15) is 0 Å². The molecule has 1 heterocycles. The van der Waals surface area contributed by atoms with Crippen LogP contribution in [-0.4, -0.2) is 10.8 Å². The van der Waals surface area contributed by atoms with Gasteiger partial charge in [0.15, 0.2) is 5.78 Å². The molecule has 0 saturated carbocycles. The molecule has 3 heteroatoms. The summed E-state index contributed by atoms with van der Waals surface area (Å²) in [4.78, 5) is 17.4. The first-order valence-corrected chi connectivity index (χ1v) is 6.43. The van der Waals surface area contributed by atoms with Crippen LogP contribution < -0.4 is 0 Å². The van der Waals surface area contributed by atoms with Gasteiger partial charge in [-0.3, -0.25) is 9.78 Å². The molecular formula is C15H13NOS. The van der Waals surface area contributed by atoms with Crippen LogP contribution in [0.3, 0.4) is 0 Å². The van der Waals surface area contributed by atoms with Gasteiger partial charge < -0.3 is 0 Å². The lowest BCUT2D eigenvalue weighted by Gasteiger charge is -2.03. The Labute approximate surface area is 111 Å². The van der Waals surface area contributed by atoms with E-state index >= 15 is 0 Å². The van der Waals surface area contributed by atoms with E-state index in [1.807, 2.05) is 48.5 Å². The van der Waals surface area contributed by atoms with Gasteiger partial charge in [0.05, 0.1) is 4.91 Å². The van der Waals surface area contributed by atoms with E-state index in [1.165, 1.54) is 11.8 Å². The van der Waals surface area contributed by atoms with E-state index in [0.29, 0.717) is 0 Å². The Bertz CT molecular complexity index is 549. The number of carbonyl (C=O) groups excluding carboxylic acids is 1. The van der Waals surface area contributed by atoms with Crippen molar-refractivity contribution in [2.75, 3.05) is 0 Å². The first kappa shape index (κ1) is 12.6. The molecule has 1 aromatic heterocycles. The predicted octanol–water partition coefficient (Wildman–Crippen LogP) is 3.80. The van der Waals surface area contributed by atoms with Crippen LogP contribution in [0.4, 0.5) is 0 Å². The zero-order valence-electron chi connectivity index (χ0n) is 10.0. The molecule has 0 amide bonds. The van der Waals surface area contributed by atoms with E-state index in [9.17, 15) is 4.79 Å². The van der Waals surface area contributed by atoms with E-state index in [4.69, 9.17) is 0 Å². The van der Waals surface area contributed by atoms with E-state index in [-0.39, 0.29) is 5.78 Å². The number of carbonyl (C=O) groups is 1. The average Bonchev–Trinajstić information content (AvgIpc) is 2.40. The summed E-state index contributed by atoms with van der Waals surface area (Å²) in [5.41, 5.74) is 0.985. The Morgan fingerprint density at radius 3 is 2.39 bits per heavy atom. The van der Waals surface area contributed by atoms with Crippen LogP contribution in [-0.2, 0) is 4.79 Å². The molecule has 90 valence electrons. The third-order valence-corrected chi connectivity index (χ3v) is 3.45. The van der Waals surface area contributed by atoms with Crippen molar-refractivity contribution in [3.05, 3.63) is 65.3 Å². The first-order chi connectivity index (χ1) is 8.75. The highest BCUT2D eigenvalue weighted by atomic mass is 32.2. The summed E-state index contributed by atoms with van der Waals surface area (Å²) in [6.07, 6.45) is 5.33. The van der Waals surface area contributed by atoms with Gasteiger partial charge in [0.2, 0.25) is 0 Å². The second-order valence-electron chi connectivity index (χ2n) is 3.76. The molecule has 0 atom stereocenters. The number of nitrogens with zero attached hydrogens (tertiary/aromatic N) is 1. The standard InChI is InChI=1S/C15H13NOS/c1-12(17)15(11-13-7-9-16-10-8-13)18-14-5-3-2-4-6-14/h2-11H,1H3. The Kier molecular flexibility index (Phi) is 4.31. The summed E-state index contributed by atoms with van der Waals surface area (Å²) < 4.78 is 0. The quantitative estimate of drug-likeness (QED) is 0.614. The molecule has 0 aliphatic carbocycles. The Balaban J connectivity index is 2.25. The van der Waals surface area contributed by atoms with Crippen LogP contribution in [0.1, 0.15) is 12.5 Å². The van der Waals surface area contributed by atoms with Gasteiger partial charge in [0, 0.05) is 17.3 Å². The minimum atomic E-state index is 0.0701. The summed E-state index contributed by atoms with van der Waals surface area (Å²) in [6, 6.07) is 13.6. The number of hydrogen-bond acceptors (Lipinski definition) is 3. The zero-order chi connectivity index (χ0) is 12.8. The molecule has 0 unspecified atom stereocenters. The molecule has 0 aliphatic rings. The molecule has 0 spiro atoms. The number of allylic oxidation sites excluding steroid dienone is 1. The SMILES string of the molecule is CC(=O)C(=Cc1ccncc1)Sc1ccccc1. The lowest BCUT2D eigenvalue weighted by molar-refractivity contribution is -0.112. The summed E-state index contributed by atoms with van der Waals surface area (Å²) in [6.45, 7) is 1.59. The largest absolute Gasteiger partial charge is 0.294 e. The summed E-state index contributed by atoms with van der Waals surface area (Å²) in [7, 11) is 0. The van der Waals surface area contributed by atoms with Crippen LogP contribution in [0.15, 0.2) is 64.7 Å². The van der Waals surface area contributed by atoms with Crippen molar-refractivity contribution in [1.82, 2.24) is 4.98 Å². The summed E-state index contributed by atoms with van der Waals surface area (Å²) in [5, 5.41) is 0. The van der Waals surface area contributed by atoms with Gasteiger partial charge in [-0.1, -0.05) is 30.0 Å². The predicted molar refractivity (Wildman–Crippen MR) is 75.2 cm³/mol. The van der Waals surface area contributed by atoms with Crippen molar-refractivity contribution in [3.63, 3.8) is 0 Å². The van der Waals surface area contributed by atoms with Crippen molar-refractivity contribution < 1.29 is 4.79 Å². The molecule has 0 N–H and O–H groups in total. The molecule has 0 radical (unpaired) electrons. The molecule has 0 saturated heterocycles. The molecule has 18 heavy (non-hydrogen) atoms. The van der Waals surface area contributed by atoms with Crippen molar-refractivity contribution >= 4 is 23.6 Å². The summed E-state index contributed by atoms with van der Waals surface area (Å²) in [5.74, 6) is 0.0701. The number of rotatable bonds is 4. The van der Waals surface area contributed by atoms with Gasteiger partial charge in [-0.25, -0.2) is 0 Å². The minimum Gasteiger partial charge on any atom is -0.294 e. The average molecular weight is 255 g/mol. The van der Waals surface area contributed by atoms with Crippen molar-refractivity contribution in [2.24, 2.45) is 0 Å². The zero-order valence-corrected chi connectivity index (χ0v) is 10.9. The number of aromatic nitrogens is 1. The Morgan fingerprint density at radius 2 is 1.78 bits per heavy atom. The molecule has 0 bridgehead atoms. The second kappa shape index (κ2) is 6.17. The molecule has 2 aromatic rings. The summed E-state index contributed by atoms with van der Waals surface area (Å²) >= 11 is 1.48. The number of ketones is 1. The third-order valence-electron chi connectivity index (χ3n) is 2.32. The maximum Gasteiger partial charge on any atom is 0.166 e. The Morgan fingerprint density at radius 1 is 1.11 bits per heavy atom. The monoisotopic (exact) mass is 255 g/mol. The maximum atomic E-state index is 11.6. The lowest BCUT2D eigenvalue weighted by Crippen LogP contribution is -1.92. The molecule has 0 fully saturated rings. The van der Waals surface area contributed by atoms with Gasteiger partial charge in [-0.2, -0.15) is 0 Å². The second-order valence-corrected chi connectivity index (χ2v) is 4.88. The van der Waals surface area contributed by atoms with Crippen molar-refractivity contribution in [2.45, 2.75) is 11.8 Å². The number of benzene rings is 1. The highest BCUT2D eigenvalue weighted by molar-refractivity contribution is 8.04. The van der Waals surface area contributed by atoms with Gasteiger partial charge >= 0.3 is 0 Å². The third kappa shape index (κ3) is 3.57. The van der Waals surface area contributed by atoms with Gasteiger partial charge in [0.25, 0.3) is 0 Å². The number of Topliss-reactive ketones (excluding diaryl/α,β-unsaturated/α-hetero) is 1. The van der Waals surface area contributed by atoms with Crippen LogP contribution >= 0.6 is 11.8 Å². The normalized spacial score (nSPS) is 11.3. The molecule has 2 rings (SSSR count). The topological polar surface area (TPSA) is 30.0 Å². The van der Waals surface area contributed by atoms with Crippen LogP contribution in [0.25, 0.3) is 6.08 Å². The molecule has 1 aromatic carbocycles. The Hall–Kier alpha value is -1.87. The fraction of sp³-hybridized carbons (Fsp3) is 0.0667. The van der Waals surface area contributed by atoms with E-state index in [0.717, 1.165) is 15.4 Å². The van der Waals surface area contributed by atoms with Crippen molar-refractivity contribution in [1.29, 1.82) is 0 Å². The van der Waals surface area contributed by atoms with Gasteiger partial charge in [-0.05, 0) is 42.8 Å². The van der Waals surface area contributed by atoms with Crippen LogP contribution in [0, 0.1) is 0 Å². The molecule has 2 nitrogen and oxygen atoms in total. The van der Waals surface area contributed by atoms with Gasteiger partial charge in [-0.15, -0.1) is 0 Å². The van der Waals surface area contributed by atoms with E-state index < -0.39 is 0 Å². The van der Waals surface area contributed by atoms with Crippen LogP contribution in [0.5, 0.6) is 0 Å². The van der Waals surface area contributed by atoms with Crippen LogP contribution in [0.2, 0.25) is 0 Å². The highest BCUT2D eigenvalue weighted by Gasteiger charge is 2.06. The highest BCUT2D eigenvalue weighted by Crippen LogP contribution is 2.28. The van der Waals surface area contributed by atoms with E-state index in [1.54, 1.807) is 19.3 Å². The fourth-order valence-corrected chi connectivity index (χ4v) is 2.32. The lowest BCUT2D eigenvalue weighted by atomic mass is 10.2. The molecular weight excluding hydrogens is 242 g/mol. The first-order valence-electron chi connectivity index (χ1n) is 5.61. The fourth-order valence-electron chi connectivity index (χ4n) is 1.43. The van der Waals surface area contributed by atoms with Crippen molar-refractivity contribution in [3.8, 4) is 0 Å².